The Morgan fingerprint density at radius 1 is 1.09 bits per heavy atom. The van der Waals surface area contributed by atoms with Crippen LogP contribution in [0.2, 0.25) is 0 Å². The molecule has 116 valence electrons. The van der Waals surface area contributed by atoms with E-state index in [1.165, 1.54) is 16.8 Å². The molecule has 1 N–H and O–H groups in total. The lowest BCUT2D eigenvalue weighted by Gasteiger charge is -2.07. The molecule has 3 rings (SSSR count). The molecule has 0 atom stereocenters. The lowest BCUT2D eigenvalue weighted by atomic mass is 10.2. The Kier molecular flexibility index (Phi) is 4.33. The van der Waals surface area contributed by atoms with Crippen molar-refractivity contribution in [3.05, 3.63) is 88.2 Å². The monoisotopic (exact) mass is 309 g/mol. The number of furan rings is 1. The minimum absolute atomic E-state index is 0.187. The summed E-state index contributed by atoms with van der Waals surface area (Å²) < 4.78 is 6.43. The van der Waals surface area contributed by atoms with Gasteiger partial charge in [-0.1, -0.05) is 30.3 Å². The molecule has 0 spiro atoms. The molecule has 0 aliphatic carbocycles. The first-order chi connectivity index (χ1) is 11.2. The van der Waals surface area contributed by atoms with Gasteiger partial charge >= 0.3 is 0 Å². The average Bonchev–Trinajstić information content (AvgIpc) is 3.09. The van der Waals surface area contributed by atoms with Crippen molar-refractivity contribution in [1.29, 1.82) is 0 Å². The van der Waals surface area contributed by atoms with Crippen molar-refractivity contribution in [1.82, 2.24) is 15.1 Å². The maximum Gasteiger partial charge on any atom is 0.272 e. The van der Waals surface area contributed by atoms with Crippen LogP contribution in [0.3, 0.4) is 0 Å². The zero-order valence-corrected chi connectivity index (χ0v) is 12.3. The number of benzene rings is 1. The van der Waals surface area contributed by atoms with Crippen molar-refractivity contribution in [2.75, 3.05) is 0 Å². The van der Waals surface area contributed by atoms with Crippen LogP contribution in [0.15, 0.2) is 70.1 Å². The summed E-state index contributed by atoms with van der Waals surface area (Å²) in [5.41, 5.74) is 0.874. The van der Waals surface area contributed by atoms with E-state index in [0.717, 1.165) is 5.56 Å². The van der Waals surface area contributed by atoms with Gasteiger partial charge in [0.25, 0.3) is 11.5 Å². The fourth-order valence-corrected chi connectivity index (χ4v) is 2.11. The minimum Gasteiger partial charge on any atom is -0.467 e. The average molecular weight is 309 g/mol. The van der Waals surface area contributed by atoms with Crippen LogP contribution in [-0.4, -0.2) is 15.7 Å². The Morgan fingerprint density at radius 3 is 2.65 bits per heavy atom. The normalized spacial score (nSPS) is 10.4. The number of nitrogens with zero attached hydrogens (tertiary/aromatic N) is 2. The second kappa shape index (κ2) is 6.74. The highest BCUT2D eigenvalue weighted by Crippen LogP contribution is 2.02. The van der Waals surface area contributed by atoms with Crippen LogP contribution in [0.4, 0.5) is 0 Å². The Labute approximate surface area is 132 Å². The number of hydrogen-bond acceptors (Lipinski definition) is 4. The first-order valence-corrected chi connectivity index (χ1v) is 7.15. The summed E-state index contributed by atoms with van der Waals surface area (Å²) in [4.78, 5) is 24.0. The fourth-order valence-electron chi connectivity index (χ4n) is 2.11. The first kappa shape index (κ1) is 14.8. The van der Waals surface area contributed by atoms with Crippen LogP contribution in [0.1, 0.15) is 21.8 Å². The SMILES string of the molecule is O=C(NCc1ccco1)c1ccc(=O)n(Cc2ccccc2)n1. The summed E-state index contributed by atoms with van der Waals surface area (Å²) >= 11 is 0. The van der Waals surface area contributed by atoms with Gasteiger partial charge in [-0.3, -0.25) is 9.59 Å². The number of nitrogens with one attached hydrogen (secondary N) is 1. The predicted octanol–water partition coefficient (Wildman–Crippen LogP) is 1.81. The molecule has 0 aliphatic heterocycles. The van der Waals surface area contributed by atoms with E-state index in [0.29, 0.717) is 12.3 Å². The second-order valence-corrected chi connectivity index (χ2v) is 4.96. The van der Waals surface area contributed by atoms with Gasteiger partial charge in [-0.2, -0.15) is 5.10 Å². The molecule has 2 heterocycles. The molecule has 0 saturated carbocycles. The Balaban J connectivity index is 1.74. The fraction of sp³-hybridized carbons (Fsp3) is 0.118. The van der Waals surface area contributed by atoms with Gasteiger partial charge in [0.1, 0.15) is 11.5 Å². The summed E-state index contributed by atoms with van der Waals surface area (Å²) in [5.74, 6) is 0.291. The lowest BCUT2D eigenvalue weighted by molar-refractivity contribution is 0.0940. The highest BCUT2D eigenvalue weighted by atomic mass is 16.3. The van der Waals surface area contributed by atoms with E-state index < -0.39 is 0 Å². The first-order valence-electron chi connectivity index (χ1n) is 7.15. The highest BCUT2D eigenvalue weighted by Gasteiger charge is 2.10. The second-order valence-electron chi connectivity index (χ2n) is 4.96. The van der Waals surface area contributed by atoms with Gasteiger partial charge < -0.3 is 9.73 Å². The number of hydrogen-bond donors (Lipinski definition) is 1. The van der Waals surface area contributed by atoms with Crippen molar-refractivity contribution < 1.29 is 9.21 Å². The van der Waals surface area contributed by atoms with Gasteiger partial charge in [0, 0.05) is 6.07 Å². The summed E-state index contributed by atoms with van der Waals surface area (Å²) in [6.45, 7) is 0.588. The number of rotatable bonds is 5. The van der Waals surface area contributed by atoms with Crippen LogP contribution >= 0.6 is 0 Å². The molecule has 2 aromatic heterocycles. The Morgan fingerprint density at radius 2 is 1.91 bits per heavy atom. The third-order valence-corrected chi connectivity index (χ3v) is 3.28. The van der Waals surface area contributed by atoms with E-state index >= 15 is 0 Å². The highest BCUT2D eigenvalue weighted by molar-refractivity contribution is 5.91. The molecule has 0 saturated heterocycles. The van der Waals surface area contributed by atoms with Crippen LogP contribution in [0, 0.1) is 0 Å². The Hall–Kier alpha value is -3.15. The van der Waals surface area contributed by atoms with Crippen molar-refractivity contribution in [3.63, 3.8) is 0 Å². The molecule has 1 amide bonds. The maximum absolute atomic E-state index is 12.1. The molecule has 0 fully saturated rings. The minimum atomic E-state index is -0.358. The van der Waals surface area contributed by atoms with E-state index in [1.54, 1.807) is 18.4 Å². The van der Waals surface area contributed by atoms with Crippen molar-refractivity contribution in [2.45, 2.75) is 13.1 Å². The molecule has 0 radical (unpaired) electrons. The number of aromatic nitrogens is 2. The molecule has 3 aromatic rings. The number of amides is 1. The number of carbonyl (C=O) groups is 1. The van der Waals surface area contributed by atoms with E-state index in [9.17, 15) is 9.59 Å². The molecule has 1 aromatic carbocycles. The van der Waals surface area contributed by atoms with Crippen LogP contribution in [0.5, 0.6) is 0 Å². The molecule has 0 unspecified atom stereocenters. The maximum atomic E-state index is 12.1. The van der Waals surface area contributed by atoms with Crippen LogP contribution < -0.4 is 10.9 Å². The quantitative estimate of drug-likeness (QED) is 0.780. The van der Waals surface area contributed by atoms with E-state index in [-0.39, 0.29) is 23.7 Å². The third kappa shape index (κ3) is 3.74. The van der Waals surface area contributed by atoms with Crippen molar-refractivity contribution in [3.8, 4) is 0 Å². The summed E-state index contributed by atoms with van der Waals surface area (Å²) in [7, 11) is 0. The van der Waals surface area contributed by atoms with Gasteiger partial charge in [-0.25, -0.2) is 4.68 Å². The molecule has 6 nitrogen and oxygen atoms in total. The van der Waals surface area contributed by atoms with Gasteiger partial charge in [0.2, 0.25) is 0 Å². The standard InChI is InChI=1S/C17H15N3O3/c21-16-9-8-15(17(22)18-11-14-7-4-10-23-14)19-20(16)12-13-5-2-1-3-6-13/h1-10H,11-12H2,(H,18,22). The van der Waals surface area contributed by atoms with Gasteiger partial charge in [0.15, 0.2) is 0 Å². The van der Waals surface area contributed by atoms with E-state index in [4.69, 9.17) is 4.42 Å². The smallest absolute Gasteiger partial charge is 0.272 e. The van der Waals surface area contributed by atoms with Crippen molar-refractivity contribution in [2.24, 2.45) is 0 Å². The molecule has 6 heteroatoms. The zero-order valence-electron chi connectivity index (χ0n) is 12.3. The molecule has 0 aliphatic rings. The van der Waals surface area contributed by atoms with Crippen LogP contribution in [-0.2, 0) is 13.1 Å². The Bertz CT molecular complexity index is 839. The third-order valence-electron chi connectivity index (χ3n) is 3.28. The van der Waals surface area contributed by atoms with Crippen molar-refractivity contribution >= 4 is 5.91 Å². The van der Waals surface area contributed by atoms with E-state index in [2.05, 4.69) is 10.4 Å². The van der Waals surface area contributed by atoms with Gasteiger partial charge in [-0.15, -0.1) is 0 Å². The summed E-state index contributed by atoms with van der Waals surface area (Å²) in [6, 6.07) is 15.8. The molecule has 23 heavy (non-hydrogen) atoms. The lowest BCUT2D eigenvalue weighted by Crippen LogP contribution is -2.29. The zero-order chi connectivity index (χ0) is 16.1. The largest absolute Gasteiger partial charge is 0.467 e. The molecular weight excluding hydrogens is 294 g/mol. The van der Waals surface area contributed by atoms with E-state index in [1.807, 2.05) is 30.3 Å². The molecular formula is C17H15N3O3. The predicted molar refractivity (Wildman–Crippen MR) is 83.9 cm³/mol. The van der Waals surface area contributed by atoms with Crippen LogP contribution in [0.25, 0.3) is 0 Å². The topological polar surface area (TPSA) is 77.1 Å². The number of carbonyl (C=O) groups excluding carboxylic acids is 1. The van der Waals surface area contributed by atoms with Gasteiger partial charge in [0.05, 0.1) is 19.4 Å². The molecule has 0 bridgehead atoms. The van der Waals surface area contributed by atoms with Gasteiger partial charge in [-0.05, 0) is 23.8 Å². The summed E-state index contributed by atoms with van der Waals surface area (Å²) in [5, 5.41) is 6.83. The summed E-state index contributed by atoms with van der Waals surface area (Å²) in [6.07, 6.45) is 1.54.